The Labute approximate surface area is 171 Å². The van der Waals surface area contributed by atoms with Crippen LogP contribution in [0, 0.1) is 0 Å². The summed E-state index contributed by atoms with van der Waals surface area (Å²) in [5.74, 6) is -0.514. The molecule has 29 heavy (non-hydrogen) atoms. The van der Waals surface area contributed by atoms with Gasteiger partial charge in [0, 0.05) is 11.6 Å². The smallest absolute Gasteiger partial charge is 0.338 e. The number of rotatable bonds is 6. The fraction of sp³-hybridized carbons (Fsp3) is 0.364. The predicted octanol–water partition coefficient (Wildman–Crippen LogP) is 3.56. The number of anilines is 1. The molecular formula is C22H25NO5S. The Morgan fingerprint density at radius 3 is 2.31 bits per heavy atom. The summed E-state index contributed by atoms with van der Waals surface area (Å²) in [4.78, 5) is 24.7. The first-order chi connectivity index (χ1) is 13.6. The van der Waals surface area contributed by atoms with Gasteiger partial charge in [0.15, 0.2) is 12.4 Å². The maximum atomic E-state index is 12.5. The molecule has 0 aliphatic carbocycles. The van der Waals surface area contributed by atoms with Crippen molar-refractivity contribution in [3.05, 3.63) is 64.7 Å². The summed E-state index contributed by atoms with van der Waals surface area (Å²) in [5, 5.41) is 0. The second-order valence-electron chi connectivity index (χ2n) is 7.73. The predicted molar refractivity (Wildman–Crippen MR) is 112 cm³/mol. The molecule has 7 heteroatoms. The van der Waals surface area contributed by atoms with Gasteiger partial charge >= 0.3 is 5.97 Å². The van der Waals surface area contributed by atoms with Crippen molar-refractivity contribution in [3.8, 4) is 0 Å². The highest BCUT2D eigenvalue weighted by atomic mass is 32.2. The van der Waals surface area contributed by atoms with Crippen LogP contribution in [0.5, 0.6) is 0 Å². The van der Waals surface area contributed by atoms with Gasteiger partial charge in [0.2, 0.25) is 10.0 Å². The van der Waals surface area contributed by atoms with Crippen molar-refractivity contribution in [3.63, 3.8) is 0 Å². The van der Waals surface area contributed by atoms with E-state index in [2.05, 4.69) is 13.8 Å². The van der Waals surface area contributed by atoms with Crippen LogP contribution in [-0.4, -0.2) is 39.1 Å². The zero-order valence-electron chi connectivity index (χ0n) is 17.0. The number of benzene rings is 2. The Kier molecular flexibility index (Phi) is 5.80. The van der Waals surface area contributed by atoms with Crippen LogP contribution in [0.1, 0.15) is 58.5 Å². The normalized spacial score (nSPS) is 16.0. The van der Waals surface area contributed by atoms with Gasteiger partial charge in [-0.15, -0.1) is 0 Å². The van der Waals surface area contributed by atoms with Gasteiger partial charge in [-0.1, -0.05) is 26.0 Å². The number of hydrogen-bond donors (Lipinski definition) is 0. The Morgan fingerprint density at radius 2 is 1.72 bits per heavy atom. The number of esters is 1. The SMILES string of the molecule is CC(C)c1ccc(C(=O)OCC(=O)c2ccc3c(c2)C[C@@H](C)N3S(C)(=O)=O)cc1. The van der Waals surface area contributed by atoms with E-state index in [1.807, 2.05) is 19.1 Å². The lowest BCUT2D eigenvalue weighted by atomic mass is 10.0. The van der Waals surface area contributed by atoms with Gasteiger partial charge in [-0.25, -0.2) is 13.2 Å². The number of carbonyl (C=O) groups excluding carboxylic acids is 2. The highest BCUT2D eigenvalue weighted by molar-refractivity contribution is 7.92. The van der Waals surface area contributed by atoms with Crippen molar-refractivity contribution in [1.29, 1.82) is 0 Å². The number of sulfonamides is 1. The summed E-state index contributed by atoms with van der Waals surface area (Å²) in [6.45, 7) is 5.60. The minimum Gasteiger partial charge on any atom is -0.454 e. The average Bonchev–Trinajstić information content (AvgIpc) is 3.00. The third kappa shape index (κ3) is 4.50. The molecule has 1 heterocycles. The van der Waals surface area contributed by atoms with E-state index in [0.717, 1.165) is 11.1 Å². The van der Waals surface area contributed by atoms with Crippen LogP contribution in [0.25, 0.3) is 0 Å². The molecule has 0 unspecified atom stereocenters. The van der Waals surface area contributed by atoms with Crippen LogP contribution in [0.4, 0.5) is 5.69 Å². The first kappa shape index (κ1) is 21.0. The zero-order chi connectivity index (χ0) is 21.3. The Morgan fingerprint density at radius 1 is 1.10 bits per heavy atom. The summed E-state index contributed by atoms with van der Waals surface area (Å²) in [6, 6.07) is 11.8. The molecule has 2 aromatic carbocycles. The summed E-state index contributed by atoms with van der Waals surface area (Å²) in [6.07, 6.45) is 1.70. The van der Waals surface area contributed by atoms with Gasteiger partial charge < -0.3 is 4.74 Å². The van der Waals surface area contributed by atoms with Gasteiger partial charge in [0.05, 0.1) is 17.5 Å². The summed E-state index contributed by atoms with van der Waals surface area (Å²) >= 11 is 0. The first-order valence-corrected chi connectivity index (χ1v) is 11.4. The molecule has 0 radical (unpaired) electrons. The van der Waals surface area contributed by atoms with Crippen LogP contribution < -0.4 is 4.31 Å². The van der Waals surface area contributed by atoms with E-state index >= 15 is 0 Å². The van der Waals surface area contributed by atoms with E-state index in [4.69, 9.17) is 4.74 Å². The maximum absolute atomic E-state index is 12.5. The number of carbonyl (C=O) groups is 2. The van der Waals surface area contributed by atoms with E-state index in [9.17, 15) is 18.0 Å². The molecule has 6 nitrogen and oxygen atoms in total. The van der Waals surface area contributed by atoms with Crippen LogP contribution >= 0.6 is 0 Å². The number of Topliss-reactive ketones (excluding diaryl/α,β-unsaturated/α-hetero) is 1. The van der Waals surface area contributed by atoms with E-state index in [1.54, 1.807) is 30.3 Å². The quantitative estimate of drug-likeness (QED) is 0.532. The fourth-order valence-electron chi connectivity index (χ4n) is 3.58. The molecule has 0 aromatic heterocycles. The average molecular weight is 416 g/mol. The third-order valence-corrected chi connectivity index (χ3v) is 6.33. The lowest BCUT2D eigenvalue weighted by molar-refractivity contribution is 0.0474. The van der Waals surface area contributed by atoms with Gasteiger partial charge in [0.25, 0.3) is 0 Å². The van der Waals surface area contributed by atoms with Crippen molar-refractivity contribution in [2.45, 2.75) is 39.2 Å². The van der Waals surface area contributed by atoms with Crippen LogP contribution in [0.15, 0.2) is 42.5 Å². The molecule has 154 valence electrons. The van der Waals surface area contributed by atoms with E-state index in [1.165, 1.54) is 10.6 Å². The van der Waals surface area contributed by atoms with Gasteiger partial charge in [-0.3, -0.25) is 9.10 Å². The molecule has 0 spiro atoms. The lowest BCUT2D eigenvalue weighted by Crippen LogP contribution is -2.34. The minimum atomic E-state index is -3.38. The number of fused-ring (bicyclic) bond motifs is 1. The minimum absolute atomic E-state index is 0.197. The molecular weight excluding hydrogens is 390 g/mol. The van der Waals surface area contributed by atoms with Gasteiger partial charge in [-0.2, -0.15) is 0 Å². The van der Waals surface area contributed by atoms with Crippen molar-refractivity contribution in [2.24, 2.45) is 0 Å². The molecule has 1 aliphatic rings. The van der Waals surface area contributed by atoms with E-state index < -0.39 is 16.0 Å². The summed E-state index contributed by atoms with van der Waals surface area (Å²) in [5.41, 5.74) is 3.30. The van der Waals surface area contributed by atoms with Crippen molar-refractivity contribution >= 4 is 27.5 Å². The molecule has 1 aliphatic heterocycles. The Hall–Kier alpha value is -2.67. The summed E-state index contributed by atoms with van der Waals surface area (Å²) < 4.78 is 30.5. The summed E-state index contributed by atoms with van der Waals surface area (Å²) in [7, 11) is -3.38. The number of nitrogens with zero attached hydrogens (tertiary/aromatic N) is 1. The third-order valence-electron chi connectivity index (χ3n) is 5.06. The molecule has 0 bridgehead atoms. The highest BCUT2D eigenvalue weighted by Gasteiger charge is 2.32. The van der Waals surface area contributed by atoms with Gasteiger partial charge in [0.1, 0.15) is 0 Å². The standard InChI is InChI=1S/C22H25NO5S/c1-14(2)16-5-7-17(8-6-16)22(25)28-13-21(24)18-9-10-20-19(12-18)11-15(3)23(20)29(4,26)27/h5-10,12,14-15H,11,13H2,1-4H3/t15-/m1/s1. The molecule has 0 saturated carbocycles. The second-order valence-corrected chi connectivity index (χ2v) is 9.59. The van der Waals surface area contributed by atoms with Crippen LogP contribution in [0.2, 0.25) is 0 Å². The molecule has 3 rings (SSSR count). The molecule has 0 amide bonds. The Bertz CT molecular complexity index is 1040. The highest BCUT2D eigenvalue weighted by Crippen LogP contribution is 2.34. The van der Waals surface area contributed by atoms with Crippen molar-refractivity contribution < 1.29 is 22.7 Å². The number of ether oxygens (including phenoxy) is 1. The largest absolute Gasteiger partial charge is 0.454 e. The monoisotopic (exact) mass is 415 g/mol. The molecule has 1 atom stereocenters. The molecule has 2 aromatic rings. The zero-order valence-corrected chi connectivity index (χ0v) is 17.8. The molecule has 0 fully saturated rings. The maximum Gasteiger partial charge on any atom is 0.338 e. The van der Waals surface area contributed by atoms with Crippen LogP contribution in [0.3, 0.4) is 0 Å². The van der Waals surface area contributed by atoms with E-state index in [-0.39, 0.29) is 18.4 Å². The molecule has 0 N–H and O–H groups in total. The van der Waals surface area contributed by atoms with Crippen molar-refractivity contribution in [2.75, 3.05) is 17.2 Å². The second kappa shape index (κ2) is 7.99. The van der Waals surface area contributed by atoms with E-state index in [0.29, 0.717) is 29.2 Å². The molecule has 0 saturated heterocycles. The number of ketones is 1. The van der Waals surface area contributed by atoms with Gasteiger partial charge in [-0.05, 0) is 60.7 Å². The van der Waals surface area contributed by atoms with Crippen molar-refractivity contribution in [1.82, 2.24) is 0 Å². The fourth-order valence-corrected chi connectivity index (χ4v) is 4.85. The topological polar surface area (TPSA) is 80.8 Å². The first-order valence-electron chi connectivity index (χ1n) is 9.50. The van der Waals surface area contributed by atoms with Crippen LogP contribution in [-0.2, 0) is 21.2 Å². The number of hydrogen-bond acceptors (Lipinski definition) is 5. The lowest BCUT2D eigenvalue weighted by Gasteiger charge is -2.21. The Balaban J connectivity index is 1.68.